The molecule has 0 aliphatic heterocycles. The Morgan fingerprint density at radius 3 is 2.67 bits per heavy atom. The zero-order valence-corrected chi connectivity index (χ0v) is 11.9. The quantitative estimate of drug-likeness (QED) is 0.883. The predicted octanol–water partition coefficient (Wildman–Crippen LogP) is 4.48. The van der Waals surface area contributed by atoms with E-state index >= 15 is 0 Å². The first-order valence-corrected chi connectivity index (χ1v) is 6.69. The van der Waals surface area contributed by atoms with Crippen LogP contribution in [0.15, 0.2) is 46.9 Å². The normalized spacial score (nSPS) is 12.4. The molecule has 0 aromatic heterocycles. The van der Waals surface area contributed by atoms with Crippen molar-refractivity contribution in [1.82, 2.24) is 0 Å². The van der Waals surface area contributed by atoms with Crippen LogP contribution in [0.4, 0.5) is 4.39 Å². The molecule has 0 spiro atoms. The lowest BCUT2D eigenvalue weighted by molar-refractivity contribution is 0.618. The van der Waals surface area contributed by atoms with Crippen molar-refractivity contribution in [3.63, 3.8) is 0 Å². The molecule has 2 N–H and O–H groups in total. The lowest BCUT2D eigenvalue weighted by Gasteiger charge is -2.15. The van der Waals surface area contributed by atoms with Gasteiger partial charge in [-0.1, -0.05) is 45.7 Å². The fraction of sp³-hybridized carbons (Fsp3) is 0.143. The van der Waals surface area contributed by atoms with Gasteiger partial charge >= 0.3 is 0 Å². The largest absolute Gasteiger partial charge is 0.324 e. The summed E-state index contributed by atoms with van der Waals surface area (Å²) in [6.45, 7) is 0. The first-order valence-electron chi connectivity index (χ1n) is 5.52. The van der Waals surface area contributed by atoms with Crippen LogP contribution in [-0.2, 0) is 6.42 Å². The average molecular weight is 329 g/mol. The van der Waals surface area contributed by atoms with Crippen LogP contribution < -0.4 is 5.73 Å². The fourth-order valence-corrected chi connectivity index (χ4v) is 2.51. The van der Waals surface area contributed by atoms with Gasteiger partial charge in [0.2, 0.25) is 0 Å². The number of nitrogens with two attached hydrogens (primary N) is 1. The van der Waals surface area contributed by atoms with Gasteiger partial charge in [0.25, 0.3) is 0 Å². The second-order valence-electron chi connectivity index (χ2n) is 4.07. The van der Waals surface area contributed by atoms with E-state index in [0.717, 1.165) is 10.0 Å². The maximum atomic E-state index is 13.2. The fourth-order valence-electron chi connectivity index (χ4n) is 1.81. The predicted molar refractivity (Wildman–Crippen MR) is 76.2 cm³/mol. The van der Waals surface area contributed by atoms with Gasteiger partial charge in [-0.25, -0.2) is 4.39 Å². The zero-order valence-electron chi connectivity index (χ0n) is 9.54. The zero-order chi connectivity index (χ0) is 13.1. The van der Waals surface area contributed by atoms with Crippen LogP contribution in [0.5, 0.6) is 0 Å². The number of rotatable bonds is 3. The van der Waals surface area contributed by atoms with Gasteiger partial charge in [0.05, 0.1) is 0 Å². The molecule has 4 heteroatoms. The lowest BCUT2D eigenvalue weighted by Crippen LogP contribution is -2.14. The molecule has 0 saturated carbocycles. The van der Waals surface area contributed by atoms with Crippen LogP contribution in [0, 0.1) is 5.82 Å². The third-order valence-corrected chi connectivity index (χ3v) is 3.87. The number of hydrogen-bond donors (Lipinski definition) is 1. The maximum absolute atomic E-state index is 13.2. The molecule has 2 aromatic rings. The summed E-state index contributed by atoms with van der Waals surface area (Å²) < 4.78 is 14.2. The molecule has 2 rings (SSSR count). The molecule has 0 heterocycles. The van der Waals surface area contributed by atoms with E-state index in [1.807, 2.05) is 24.3 Å². The van der Waals surface area contributed by atoms with Gasteiger partial charge in [-0.15, -0.1) is 0 Å². The Balaban J connectivity index is 2.25. The summed E-state index contributed by atoms with van der Waals surface area (Å²) in [5.74, 6) is -0.322. The van der Waals surface area contributed by atoms with E-state index in [2.05, 4.69) is 15.9 Å². The topological polar surface area (TPSA) is 26.0 Å². The van der Waals surface area contributed by atoms with Crippen molar-refractivity contribution in [3.05, 3.63) is 68.9 Å². The van der Waals surface area contributed by atoms with Gasteiger partial charge in [-0.05, 0) is 41.8 Å². The Hall–Kier alpha value is -0.900. The minimum absolute atomic E-state index is 0.322. The van der Waals surface area contributed by atoms with Crippen LogP contribution in [0.2, 0.25) is 5.02 Å². The molecule has 0 amide bonds. The summed E-state index contributed by atoms with van der Waals surface area (Å²) in [5, 5.41) is 0.496. The van der Waals surface area contributed by atoms with Crippen molar-refractivity contribution in [1.29, 1.82) is 0 Å². The minimum Gasteiger partial charge on any atom is -0.324 e. The van der Waals surface area contributed by atoms with Crippen LogP contribution in [0.25, 0.3) is 0 Å². The number of halogens is 3. The molecule has 1 atom stereocenters. The molecular formula is C14H12BrClFN. The molecular weight excluding hydrogens is 317 g/mol. The van der Waals surface area contributed by atoms with Gasteiger partial charge < -0.3 is 5.73 Å². The van der Waals surface area contributed by atoms with Gasteiger partial charge in [-0.2, -0.15) is 0 Å². The van der Waals surface area contributed by atoms with E-state index in [1.54, 1.807) is 0 Å². The Morgan fingerprint density at radius 1 is 1.22 bits per heavy atom. The summed E-state index contributed by atoms with van der Waals surface area (Å²) in [7, 11) is 0. The van der Waals surface area contributed by atoms with Crippen molar-refractivity contribution in [2.24, 2.45) is 5.73 Å². The summed E-state index contributed by atoms with van der Waals surface area (Å²) >= 11 is 9.51. The number of benzene rings is 2. The minimum atomic E-state index is -0.327. The van der Waals surface area contributed by atoms with Gasteiger partial charge in [0.15, 0.2) is 0 Å². The maximum Gasteiger partial charge on any atom is 0.123 e. The molecule has 18 heavy (non-hydrogen) atoms. The first-order chi connectivity index (χ1) is 8.58. The van der Waals surface area contributed by atoms with Gasteiger partial charge in [-0.3, -0.25) is 0 Å². The van der Waals surface area contributed by atoms with Crippen LogP contribution in [-0.4, -0.2) is 0 Å². The Morgan fingerprint density at radius 2 is 1.94 bits per heavy atom. The van der Waals surface area contributed by atoms with Gasteiger partial charge in [0, 0.05) is 15.5 Å². The molecule has 0 aliphatic rings. The first kappa shape index (κ1) is 13.5. The Kier molecular flexibility index (Phi) is 4.38. The van der Waals surface area contributed by atoms with E-state index in [0.29, 0.717) is 17.0 Å². The van der Waals surface area contributed by atoms with Crippen molar-refractivity contribution >= 4 is 27.5 Å². The molecule has 2 aromatic carbocycles. The van der Waals surface area contributed by atoms with Crippen LogP contribution >= 0.6 is 27.5 Å². The molecule has 0 aliphatic carbocycles. The van der Waals surface area contributed by atoms with Crippen molar-refractivity contribution < 1.29 is 4.39 Å². The Bertz CT molecular complexity index is 559. The third-order valence-electron chi connectivity index (χ3n) is 2.76. The molecule has 1 unspecified atom stereocenters. The second-order valence-corrected chi connectivity index (χ2v) is 5.33. The van der Waals surface area contributed by atoms with Crippen molar-refractivity contribution in [2.45, 2.75) is 12.5 Å². The highest BCUT2D eigenvalue weighted by atomic mass is 79.9. The van der Waals surface area contributed by atoms with E-state index in [4.69, 9.17) is 17.3 Å². The van der Waals surface area contributed by atoms with Crippen molar-refractivity contribution in [2.75, 3.05) is 0 Å². The summed E-state index contributed by atoms with van der Waals surface area (Å²) in [5.41, 5.74) is 7.80. The Labute approximate surface area is 119 Å². The smallest absolute Gasteiger partial charge is 0.123 e. The molecule has 0 bridgehead atoms. The molecule has 0 saturated heterocycles. The molecule has 0 radical (unpaired) electrons. The molecule has 0 fully saturated rings. The summed E-state index contributed by atoms with van der Waals surface area (Å²) in [6.07, 6.45) is 0.602. The monoisotopic (exact) mass is 327 g/mol. The SMILES string of the molecule is NC(Cc1ccccc1Br)c1cc(F)ccc1Cl. The van der Waals surface area contributed by atoms with E-state index in [-0.39, 0.29) is 11.9 Å². The van der Waals surface area contributed by atoms with Crippen molar-refractivity contribution in [3.8, 4) is 0 Å². The van der Waals surface area contributed by atoms with E-state index < -0.39 is 0 Å². The second kappa shape index (κ2) is 5.83. The average Bonchev–Trinajstić information content (AvgIpc) is 2.35. The highest BCUT2D eigenvalue weighted by Gasteiger charge is 2.13. The molecule has 1 nitrogen and oxygen atoms in total. The summed E-state index contributed by atoms with van der Waals surface area (Å²) in [6, 6.07) is 11.8. The molecule has 94 valence electrons. The summed E-state index contributed by atoms with van der Waals surface area (Å²) in [4.78, 5) is 0. The highest BCUT2D eigenvalue weighted by Crippen LogP contribution is 2.27. The third kappa shape index (κ3) is 3.10. The van der Waals surface area contributed by atoms with E-state index in [1.165, 1.54) is 18.2 Å². The number of hydrogen-bond acceptors (Lipinski definition) is 1. The van der Waals surface area contributed by atoms with Gasteiger partial charge in [0.1, 0.15) is 5.82 Å². The van der Waals surface area contributed by atoms with E-state index in [9.17, 15) is 4.39 Å². The standard InChI is InChI=1S/C14H12BrClFN/c15-12-4-2-1-3-9(12)7-14(18)11-8-10(17)5-6-13(11)16/h1-6,8,14H,7,18H2. The lowest BCUT2D eigenvalue weighted by atomic mass is 9.99. The highest BCUT2D eigenvalue weighted by molar-refractivity contribution is 9.10. The van der Waals surface area contributed by atoms with Crippen LogP contribution in [0.1, 0.15) is 17.2 Å². The van der Waals surface area contributed by atoms with Crippen LogP contribution in [0.3, 0.4) is 0 Å².